The van der Waals surface area contributed by atoms with Gasteiger partial charge in [-0.3, -0.25) is 4.79 Å². The van der Waals surface area contributed by atoms with Crippen LogP contribution in [0.4, 0.5) is 11.5 Å². The van der Waals surface area contributed by atoms with Crippen molar-refractivity contribution in [3.05, 3.63) is 83.0 Å². The van der Waals surface area contributed by atoms with Crippen molar-refractivity contribution in [2.75, 3.05) is 24.3 Å². The van der Waals surface area contributed by atoms with Gasteiger partial charge in [-0.1, -0.05) is 35.9 Å². The van der Waals surface area contributed by atoms with Crippen LogP contribution in [-0.2, 0) is 6.42 Å². The number of methoxy groups -OCH3 is 1. The molecule has 0 spiro atoms. The summed E-state index contributed by atoms with van der Waals surface area (Å²) in [6, 6.07) is 18.4. The summed E-state index contributed by atoms with van der Waals surface area (Å²) in [6.07, 6.45) is 2.44. The van der Waals surface area contributed by atoms with Gasteiger partial charge in [0.15, 0.2) is 0 Å². The van der Waals surface area contributed by atoms with Crippen molar-refractivity contribution in [2.24, 2.45) is 0 Å². The summed E-state index contributed by atoms with van der Waals surface area (Å²) in [4.78, 5) is 16.5. The van der Waals surface area contributed by atoms with Crippen LogP contribution in [-0.4, -0.2) is 24.5 Å². The van der Waals surface area contributed by atoms with Crippen LogP contribution in [0.3, 0.4) is 0 Å². The lowest BCUT2D eigenvalue weighted by Gasteiger charge is -2.10. The van der Waals surface area contributed by atoms with E-state index < -0.39 is 0 Å². The van der Waals surface area contributed by atoms with E-state index in [1.807, 2.05) is 30.3 Å². The molecule has 138 valence electrons. The molecular formula is C21H20ClN3O2. The van der Waals surface area contributed by atoms with Crippen LogP contribution in [0.2, 0.25) is 5.02 Å². The van der Waals surface area contributed by atoms with Crippen LogP contribution in [0.1, 0.15) is 15.9 Å². The van der Waals surface area contributed by atoms with Gasteiger partial charge in [0.25, 0.3) is 5.91 Å². The first-order valence-electron chi connectivity index (χ1n) is 8.54. The molecule has 1 aromatic heterocycles. The van der Waals surface area contributed by atoms with Crippen LogP contribution >= 0.6 is 11.6 Å². The fourth-order valence-corrected chi connectivity index (χ4v) is 2.83. The van der Waals surface area contributed by atoms with Crippen molar-refractivity contribution in [1.29, 1.82) is 0 Å². The number of hydrogen-bond donors (Lipinski definition) is 2. The molecule has 0 unspecified atom stereocenters. The third-order valence-electron chi connectivity index (χ3n) is 4.00. The Kier molecular flexibility index (Phi) is 6.28. The highest BCUT2D eigenvalue weighted by Crippen LogP contribution is 2.18. The van der Waals surface area contributed by atoms with Gasteiger partial charge in [-0.25, -0.2) is 4.98 Å². The largest absolute Gasteiger partial charge is 0.496 e. The van der Waals surface area contributed by atoms with Crippen LogP contribution in [0.5, 0.6) is 5.75 Å². The van der Waals surface area contributed by atoms with Gasteiger partial charge in [-0.15, -0.1) is 0 Å². The zero-order valence-electron chi connectivity index (χ0n) is 14.9. The van der Waals surface area contributed by atoms with Gasteiger partial charge in [0, 0.05) is 17.1 Å². The summed E-state index contributed by atoms with van der Waals surface area (Å²) in [5.41, 5.74) is 2.26. The van der Waals surface area contributed by atoms with Crippen molar-refractivity contribution in [3.63, 3.8) is 0 Å². The summed E-state index contributed by atoms with van der Waals surface area (Å²) in [7, 11) is 1.67. The van der Waals surface area contributed by atoms with E-state index in [-0.39, 0.29) is 5.91 Å². The summed E-state index contributed by atoms with van der Waals surface area (Å²) < 4.78 is 5.35. The Morgan fingerprint density at radius 2 is 1.96 bits per heavy atom. The summed E-state index contributed by atoms with van der Waals surface area (Å²) >= 11 is 5.92. The Hall–Kier alpha value is -3.05. The molecule has 27 heavy (non-hydrogen) atoms. The topological polar surface area (TPSA) is 63.2 Å². The number of pyridine rings is 1. The molecular weight excluding hydrogens is 362 g/mol. The molecule has 2 N–H and O–H groups in total. The fourth-order valence-electron chi connectivity index (χ4n) is 2.64. The van der Waals surface area contributed by atoms with E-state index in [1.165, 1.54) is 0 Å². The highest BCUT2D eigenvalue weighted by atomic mass is 35.5. The van der Waals surface area contributed by atoms with Crippen LogP contribution in [0, 0.1) is 0 Å². The Bertz CT molecular complexity index is 913. The number of hydrogen-bond acceptors (Lipinski definition) is 4. The first-order valence-corrected chi connectivity index (χ1v) is 8.92. The predicted molar refractivity (Wildman–Crippen MR) is 109 cm³/mol. The van der Waals surface area contributed by atoms with Gasteiger partial charge in [0.05, 0.1) is 19.0 Å². The predicted octanol–water partition coefficient (Wildman–Crippen LogP) is 4.65. The van der Waals surface area contributed by atoms with E-state index in [0.717, 1.165) is 30.1 Å². The molecule has 0 aliphatic rings. The Balaban J connectivity index is 1.53. The van der Waals surface area contributed by atoms with E-state index in [9.17, 15) is 4.79 Å². The minimum atomic E-state index is -0.226. The number of carbonyl (C=O) groups excluding carboxylic acids is 1. The minimum absolute atomic E-state index is 0.226. The molecule has 1 amide bonds. The number of amides is 1. The Morgan fingerprint density at radius 3 is 2.70 bits per heavy atom. The Morgan fingerprint density at radius 1 is 1.11 bits per heavy atom. The van der Waals surface area contributed by atoms with Gasteiger partial charge in [-0.05, 0) is 48.4 Å². The van der Waals surface area contributed by atoms with Crippen molar-refractivity contribution < 1.29 is 9.53 Å². The number of aromatic nitrogens is 1. The van der Waals surface area contributed by atoms with Gasteiger partial charge in [0.2, 0.25) is 0 Å². The zero-order chi connectivity index (χ0) is 19.1. The van der Waals surface area contributed by atoms with E-state index >= 15 is 0 Å². The van der Waals surface area contributed by atoms with Gasteiger partial charge < -0.3 is 15.4 Å². The second-order valence-corrected chi connectivity index (χ2v) is 6.32. The number of anilines is 2. The van der Waals surface area contributed by atoms with E-state index in [0.29, 0.717) is 16.3 Å². The van der Waals surface area contributed by atoms with Crippen LogP contribution < -0.4 is 15.4 Å². The lowest BCUT2D eigenvalue weighted by molar-refractivity contribution is 0.102. The number of ether oxygens (including phenoxy) is 1. The van der Waals surface area contributed by atoms with Crippen molar-refractivity contribution in [1.82, 2.24) is 4.98 Å². The van der Waals surface area contributed by atoms with Crippen molar-refractivity contribution in [2.45, 2.75) is 6.42 Å². The molecule has 3 aromatic rings. The molecule has 0 aliphatic carbocycles. The number of rotatable bonds is 7. The third kappa shape index (κ3) is 5.21. The normalized spacial score (nSPS) is 10.3. The number of nitrogens with zero attached hydrogens (tertiary/aromatic N) is 1. The van der Waals surface area contributed by atoms with E-state index in [2.05, 4.69) is 15.6 Å². The van der Waals surface area contributed by atoms with Crippen molar-refractivity contribution >= 4 is 29.0 Å². The molecule has 5 nitrogen and oxygen atoms in total. The molecule has 0 saturated heterocycles. The summed E-state index contributed by atoms with van der Waals surface area (Å²) in [5.74, 6) is 1.40. The van der Waals surface area contributed by atoms with Crippen LogP contribution in [0.25, 0.3) is 0 Å². The zero-order valence-corrected chi connectivity index (χ0v) is 15.7. The van der Waals surface area contributed by atoms with E-state index in [4.69, 9.17) is 16.3 Å². The molecule has 0 bridgehead atoms. The second-order valence-electron chi connectivity index (χ2n) is 5.89. The molecule has 6 heteroatoms. The molecule has 3 rings (SSSR count). The number of carbonyl (C=O) groups is 1. The number of benzene rings is 2. The first-order chi connectivity index (χ1) is 13.2. The molecule has 0 fully saturated rings. The monoisotopic (exact) mass is 381 g/mol. The van der Waals surface area contributed by atoms with Gasteiger partial charge in [-0.2, -0.15) is 0 Å². The average molecular weight is 382 g/mol. The number of halogens is 1. The van der Waals surface area contributed by atoms with E-state index in [1.54, 1.807) is 43.6 Å². The number of nitrogens with one attached hydrogen (secondary N) is 2. The molecule has 0 saturated carbocycles. The molecule has 0 aliphatic heterocycles. The smallest absolute Gasteiger partial charge is 0.255 e. The second kappa shape index (κ2) is 9.05. The highest BCUT2D eigenvalue weighted by molar-refractivity contribution is 6.31. The molecule has 2 aromatic carbocycles. The quantitative estimate of drug-likeness (QED) is 0.625. The standard InChI is InChI=1S/C21H20ClN3O2/c1-27-19-8-3-2-5-15(19)11-12-23-20-10-9-18(14-24-20)25-21(26)16-6-4-7-17(22)13-16/h2-10,13-14H,11-12H2,1H3,(H,23,24)(H,25,26). The molecule has 1 heterocycles. The minimum Gasteiger partial charge on any atom is -0.496 e. The molecule has 0 atom stereocenters. The fraction of sp³-hybridized carbons (Fsp3) is 0.143. The SMILES string of the molecule is COc1ccccc1CCNc1ccc(NC(=O)c2cccc(Cl)c2)cn1. The lowest BCUT2D eigenvalue weighted by Crippen LogP contribution is -2.12. The third-order valence-corrected chi connectivity index (χ3v) is 4.24. The van der Waals surface area contributed by atoms with Crippen molar-refractivity contribution in [3.8, 4) is 5.75 Å². The summed E-state index contributed by atoms with van der Waals surface area (Å²) in [5, 5.41) is 6.60. The average Bonchev–Trinajstić information content (AvgIpc) is 2.69. The Labute approximate surface area is 163 Å². The summed E-state index contributed by atoms with van der Waals surface area (Å²) in [6.45, 7) is 0.724. The maximum Gasteiger partial charge on any atom is 0.255 e. The highest BCUT2D eigenvalue weighted by Gasteiger charge is 2.07. The van der Waals surface area contributed by atoms with Gasteiger partial charge >= 0.3 is 0 Å². The first kappa shape index (κ1) is 18.7. The van der Waals surface area contributed by atoms with Gasteiger partial charge in [0.1, 0.15) is 11.6 Å². The maximum atomic E-state index is 12.2. The molecule has 0 radical (unpaired) electrons. The number of para-hydroxylation sites is 1. The maximum absolute atomic E-state index is 12.2. The lowest BCUT2D eigenvalue weighted by atomic mass is 10.1. The van der Waals surface area contributed by atoms with Crippen LogP contribution in [0.15, 0.2) is 66.9 Å².